The van der Waals surface area contributed by atoms with E-state index in [-0.39, 0.29) is 11.8 Å². The first-order valence-corrected chi connectivity index (χ1v) is 5.50. The highest BCUT2D eigenvalue weighted by molar-refractivity contribution is 6.28. The Bertz CT molecular complexity index is 848. The van der Waals surface area contributed by atoms with Gasteiger partial charge in [-0.2, -0.15) is 0 Å². The van der Waals surface area contributed by atoms with Crippen LogP contribution in [0, 0.1) is 0 Å². The first-order valence-electron chi connectivity index (χ1n) is 5.50. The molecule has 0 aliphatic carbocycles. The number of hydrogen-bond acceptors (Lipinski definition) is 3. The molecular formula is C13H7N3O2. The number of hydrogen-bond donors (Lipinski definition) is 2. The van der Waals surface area contributed by atoms with E-state index in [1.165, 1.54) is 0 Å². The van der Waals surface area contributed by atoms with E-state index >= 15 is 0 Å². The van der Waals surface area contributed by atoms with E-state index in [4.69, 9.17) is 0 Å². The number of benzene rings is 2. The minimum Gasteiger partial charge on any atom is -0.345 e. The monoisotopic (exact) mass is 237 g/mol. The number of imidazole rings is 1. The second kappa shape index (κ2) is 2.95. The van der Waals surface area contributed by atoms with Gasteiger partial charge < -0.3 is 4.98 Å². The first kappa shape index (κ1) is 9.35. The third kappa shape index (κ3) is 0.982. The smallest absolute Gasteiger partial charge is 0.258 e. The van der Waals surface area contributed by atoms with Gasteiger partial charge in [-0.3, -0.25) is 14.9 Å². The topological polar surface area (TPSA) is 74.8 Å². The number of H-pyrrole nitrogens is 1. The summed E-state index contributed by atoms with van der Waals surface area (Å²) in [5, 5.41) is 3.85. The molecule has 5 nitrogen and oxygen atoms in total. The van der Waals surface area contributed by atoms with Crippen molar-refractivity contribution in [3.05, 3.63) is 41.7 Å². The Kier molecular flexibility index (Phi) is 1.53. The SMILES string of the molecule is O=C1NC(=O)c2cc3[nH]cnc3c3cccc1c23. The largest absolute Gasteiger partial charge is 0.345 e. The fourth-order valence-electron chi connectivity index (χ4n) is 2.49. The van der Waals surface area contributed by atoms with E-state index in [1.807, 2.05) is 6.07 Å². The van der Waals surface area contributed by atoms with Gasteiger partial charge >= 0.3 is 0 Å². The van der Waals surface area contributed by atoms with Crippen LogP contribution in [0.3, 0.4) is 0 Å². The van der Waals surface area contributed by atoms with Crippen LogP contribution in [0.15, 0.2) is 30.6 Å². The van der Waals surface area contributed by atoms with Gasteiger partial charge in [0.1, 0.15) is 0 Å². The lowest BCUT2D eigenvalue weighted by Gasteiger charge is -2.16. The Labute approximate surface area is 101 Å². The van der Waals surface area contributed by atoms with E-state index < -0.39 is 0 Å². The summed E-state index contributed by atoms with van der Waals surface area (Å²) >= 11 is 0. The number of carbonyl (C=O) groups excluding carboxylic acids is 2. The van der Waals surface area contributed by atoms with Crippen LogP contribution in [-0.2, 0) is 0 Å². The van der Waals surface area contributed by atoms with Crippen molar-refractivity contribution < 1.29 is 9.59 Å². The molecule has 0 saturated carbocycles. The standard InChI is InChI=1S/C13H7N3O2/c17-12-7-3-1-2-6-10(7)8(13(18)16-12)4-9-11(6)15-5-14-9/h1-5H,(H,14,15)(H,16,17,18). The van der Waals surface area contributed by atoms with Crippen LogP contribution >= 0.6 is 0 Å². The van der Waals surface area contributed by atoms with Crippen LogP contribution < -0.4 is 5.32 Å². The summed E-state index contributed by atoms with van der Waals surface area (Å²) in [6.45, 7) is 0. The van der Waals surface area contributed by atoms with Gasteiger partial charge in [-0.25, -0.2) is 4.98 Å². The molecule has 2 heterocycles. The summed E-state index contributed by atoms with van der Waals surface area (Å²) in [6, 6.07) is 7.12. The van der Waals surface area contributed by atoms with Gasteiger partial charge in [-0.15, -0.1) is 0 Å². The molecule has 1 aliphatic rings. The lowest BCUT2D eigenvalue weighted by Crippen LogP contribution is -2.34. The molecule has 0 bridgehead atoms. The molecule has 2 amide bonds. The Hall–Kier alpha value is -2.69. The second-order valence-corrected chi connectivity index (χ2v) is 4.23. The van der Waals surface area contributed by atoms with Crippen LogP contribution in [0.5, 0.6) is 0 Å². The molecule has 3 aromatic rings. The van der Waals surface area contributed by atoms with Gasteiger partial charge in [0, 0.05) is 16.3 Å². The van der Waals surface area contributed by atoms with Crippen molar-refractivity contribution in [3.8, 4) is 0 Å². The normalized spacial score (nSPS) is 14.2. The summed E-state index contributed by atoms with van der Waals surface area (Å²) in [6.07, 6.45) is 1.58. The van der Waals surface area contributed by atoms with E-state index in [0.717, 1.165) is 16.4 Å². The minimum atomic E-state index is -0.361. The number of carbonyl (C=O) groups is 2. The van der Waals surface area contributed by atoms with Crippen molar-refractivity contribution in [3.63, 3.8) is 0 Å². The number of imide groups is 1. The summed E-state index contributed by atoms with van der Waals surface area (Å²) in [5.74, 6) is -0.715. The Balaban J connectivity index is 2.35. The fraction of sp³-hybridized carbons (Fsp3) is 0. The quantitative estimate of drug-likeness (QED) is 0.583. The number of nitrogens with zero attached hydrogens (tertiary/aromatic N) is 1. The summed E-state index contributed by atoms with van der Waals surface area (Å²) in [7, 11) is 0. The van der Waals surface area contributed by atoms with Gasteiger partial charge in [0.25, 0.3) is 11.8 Å². The number of aromatic nitrogens is 2. The van der Waals surface area contributed by atoms with E-state index in [2.05, 4.69) is 15.3 Å². The summed E-state index contributed by atoms with van der Waals surface area (Å²) < 4.78 is 0. The number of fused-ring (bicyclic) bond motifs is 2. The van der Waals surface area contributed by atoms with Gasteiger partial charge in [-0.1, -0.05) is 12.1 Å². The molecule has 2 N–H and O–H groups in total. The number of nitrogens with one attached hydrogen (secondary N) is 2. The van der Waals surface area contributed by atoms with Crippen LogP contribution in [0.4, 0.5) is 0 Å². The Morgan fingerprint density at radius 2 is 1.89 bits per heavy atom. The van der Waals surface area contributed by atoms with Crippen molar-refractivity contribution in [2.24, 2.45) is 0 Å². The molecule has 5 heteroatoms. The van der Waals surface area contributed by atoms with Crippen molar-refractivity contribution >= 4 is 33.6 Å². The molecule has 86 valence electrons. The van der Waals surface area contributed by atoms with E-state index in [0.29, 0.717) is 16.5 Å². The van der Waals surface area contributed by atoms with Gasteiger partial charge in [0.05, 0.1) is 22.9 Å². The van der Waals surface area contributed by atoms with Crippen molar-refractivity contribution in [1.29, 1.82) is 0 Å². The summed E-state index contributed by atoms with van der Waals surface area (Å²) in [5.41, 5.74) is 2.60. The molecule has 0 atom stereocenters. The maximum Gasteiger partial charge on any atom is 0.258 e. The zero-order valence-corrected chi connectivity index (χ0v) is 9.15. The van der Waals surface area contributed by atoms with Crippen LogP contribution in [0.2, 0.25) is 0 Å². The number of amides is 2. The van der Waals surface area contributed by atoms with Crippen LogP contribution in [0.1, 0.15) is 20.7 Å². The molecule has 2 aromatic carbocycles. The van der Waals surface area contributed by atoms with Crippen LogP contribution in [0.25, 0.3) is 21.8 Å². The van der Waals surface area contributed by atoms with Gasteiger partial charge in [0.2, 0.25) is 0 Å². The zero-order chi connectivity index (χ0) is 12.3. The van der Waals surface area contributed by atoms with Gasteiger partial charge in [-0.05, 0) is 12.1 Å². The molecule has 0 saturated heterocycles. The molecule has 0 unspecified atom stereocenters. The average molecular weight is 237 g/mol. The first-order chi connectivity index (χ1) is 8.75. The second-order valence-electron chi connectivity index (χ2n) is 4.23. The van der Waals surface area contributed by atoms with E-state index in [9.17, 15) is 9.59 Å². The average Bonchev–Trinajstić information content (AvgIpc) is 2.83. The molecular weight excluding hydrogens is 230 g/mol. The molecule has 0 fully saturated rings. The highest BCUT2D eigenvalue weighted by Crippen LogP contribution is 2.31. The Morgan fingerprint density at radius 3 is 2.78 bits per heavy atom. The molecule has 4 rings (SSSR count). The maximum atomic E-state index is 11.9. The van der Waals surface area contributed by atoms with Crippen LogP contribution in [-0.4, -0.2) is 21.8 Å². The molecule has 0 radical (unpaired) electrons. The highest BCUT2D eigenvalue weighted by atomic mass is 16.2. The number of rotatable bonds is 0. The predicted octanol–water partition coefficient (Wildman–Crippen LogP) is 1.60. The van der Waals surface area contributed by atoms with E-state index in [1.54, 1.807) is 24.5 Å². The molecule has 1 aromatic heterocycles. The fourth-order valence-corrected chi connectivity index (χ4v) is 2.49. The third-order valence-corrected chi connectivity index (χ3v) is 3.26. The van der Waals surface area contributed by atoms with Crippen molar-refractivity contribution in [1.82, 2.24) is 15.3 Å². The molecule has 1 aliphatic heterocycles. The molecule has 18 heavy (non-hydrogen) atoms. The van der Waals surface area contributed by atoms with Crippen molar-refractivity contribution in [2.75, 3.05) is 0 Å². The lowest BCUT2D eigenvalue weighted by molar-refractivity contribution is 0.0845. The number of aromatic amines is 1. The lowest BCUT2D eigenvalue weighted by atomic mass is 9.94. The van der Waals surface area contributed by atoms with Crippen molar-refractivity contribution in [2.45, 2.75) is 0 Å². The van der Waals surface area contributed by atoms with Gasteiger partial charge in [0.15, 0.2) is 0 Å². The third-order valence-electron chi connectivity index (χ3n) is 3.26. The maximum absolute atomic E-state index is 11.9. The minimum absolute atomic E-state index is 0.354. The predicted molar refractivity (Wildman–Crippen MR) is 65.4 cm³/mol. The highest BCUT2D eigenvalue weighted by Gasteiger charge is 2.26. The Morgan fingerprint density at radius 1 is 1.06 bits per heavy atom. The summed E-state index contributed by atoms with van der Waals surface area (Å²) in [4.78, 5) is 30.9. The zero-order valence-electron chi connectivity index (χ0n) is 9.15. The molecule has 0 spiro atoms.